The highest BCUT2D eigenvalue weighted by Gasteiger charge is 2.48. The van der Waals surface area contributed by atoms with Gasteiger partial charge in [0.05, 0.1) is 17.9 Å². The van der Waals surface area contributed by atoms with Gasteiger partial charge in [-0.15, -0.1) is 11.3 Å². The molecule has 172 valence electrons. The molecule has 3 aliphatic rings. The van der Waals surface area contributed by atoms with Crippen molar-refractivity contribution < 1.29 is 4.74 Å². The molecule has 1 saturated carbocycles. The minimum Gasteiger partial charge on any atom is -0.372 e. The van der Waals surface area contributed by atoms with Gasteiger partial charge in [0.1, 0.15) is 11.2 Å². The largest absolute Gasteiger partial charge is 0.372 e. The molecule has 0 radical (unpaired) electrons. The van der Waals surface area contributed by atoms with Crippen LogP contribution in [0.15, 0.2) is 12.5 Å². The minimum atomic E-state index is 0.0763. The number of morpholine rings is 1. The highest BCUT2D eigenvalue weighted by Crippen LogP contribution is 2.53. The van der Waals surface area contributed by atoms with E-state index in [-0.39, 0.29) is 5.60 Å². The molecule has 4 aromatic rings. The lowest BCUT2D eigenvalue weighted by atomic mass is 9.69. The van der Waals surface area contributed by atoms with E-state index in [1.807, 2.05) is 15.9 Å². The number of nitrogens with one attached hydrogen (secondary N) is 2. The summed E-state index contributed by atoms with van der Waals surface area (Å²) in [4.78, 5) is 11.3. The number of fused-ring (bicyclic) bond motifs is 4. The molecular formula is C26H31N5OS. The summed E-state index contributed by atoms with van der Waals surface area (Å²) < 4.78 is 8.15. The predicted octanol–water partition coefficient (Wildman–Crippen LogP) is 5.10. The maximum atomic E-state index is 6.18. The van der Waals surface area contributed by atoms with Gasteiger partial charge in [-0.25, -0.2) is 9.50 Å². The van der Waals surface area contributed by atoms with Crippen LogP contribution >= 0.6 is 11.3 Å². The van der Waals surface area contributed by atoms with Crippen molar-refractivity contribution in [3.8, 4) is 11.3 Å². The molecule has 1 saturated heterocycles. The number of H-pyrrole nitrogens is 1. The van der Waals surface area contributed by atoms with Gasteiger partial charge in [-0.2, -0.15) is 5.10 Å². The SMILES string of the molecule is Cc1c(C2CC3(CNCCO3)C2)sc2[nH]c(-c3cn4ncnc4c4c3CCC4)c(C(C)C)c12. The van der Waals surface area contributed by atoms with Crippen LogP contribution in [0.25, 0.3) is 27.1 Å². The maximum absolute atomic E-state index is 6.18. The molecule has 7 rings (SSSR count). The lowest BCUT2D eigenvalue weighted by molar-refractivity contribution is -0.125. The Morgan fingerprint density at radius 3 is 2.88 bits per heavy atom. The van der Waals surface area contributed by atoms with Crippen LogP contribution < -0.4 is 5.32 Å². The molecule has 1 spiro atoms. The molecule has 7 heteroatoms. The summed E-state index contributed by atoms with van der Waals surface area (Å²) in [5.41, 5.74) is 9.50. The number of thiophene rings is 1. The number of nitrogens with zero attached hydrogens (tertiary/aromatic N) is 3. The summed E-state index contributed by atoms with van der Waals surface area (Å²) in [6.45, 7) is 9.83. The molecule has 2 N–H and O–H groups in total. The van der Waals surface area contributed by atoms with Crippen LogP contribution in [0.1, 0.15) is 72.1 Å². The summed E-state index contributed by atoms with van der Waals surface area (Å²) in [6.07, 6.45) is 9.59. The predicted molar refractivity (Wildman–Crippen MR) is 133 cm³/mol. The van der Waals surface area contributed by atoms with Crippen molar-refractivity contribution in [2.45, 2.75) is 70.3 Å². The molecule has 6 nitrogen and oxygen atoms in total. The molecule has 2 fully saturated rings. The van der Waals surface area contributed by atoms with Crippen LogP contribution in [0.3, 0.4) is 0 Å². The van der Waals surface area contributed by atoms with Gasteiger partial charge in [0.2, 0.25) is 0 Å². The Bertz CT molecular complexity index is 1380. The molecule has 2 aliphatic carbocycles. The number of hydrogen-bond donors (Lipinski definition) is 2. The zero-order valence-corrected chi connectivity index (χ0v) is 20.4. The first-order valence-electron chi connectivity index (χ1n) is 12.4. The van der Waals surface area contributed by atoms with E-state index in [1.165, 1.54) is 50.1 Å². The quantitative estimate of drug-likeness (QED) is 0.446. The Kier molecular flexibility index (Phi) is 4.37. The fourth-order valence-corrected chi connectivity index (χ4v) is 8.01. The van der Waals surface area contributed by atoms with E-state index in [0.717, 1.165) is 51.0 Å². The summed E-state index contributed by atoms with van der Waals surface area (Å²) in [7, 11) is 0. The van der Waals surface area contributed by atoms with E-state index in [1.54, 1.807) is 11.2 Å². The van der Waals surface area contributed by atoms with Crippen molar-refractivity contribution in [1.82, 2.24) is 24.9 Å². The first-order chi connectivity index (χ1) is 16.0. The van der Waals surface area contributed by atoms with E-state index < -0.39 is 0 Å². The monoisotopic (exact) mass is 461 g/mol. The maximum Gasteiger partial charge on any atom is 0.158 e. The standard InChI is InChI=1S/C26H31N5OS/c1-14(2)20-21-15(3)23(16-9-26(10-16)12-27-7-8-32-26)33-25(21)30-22(20)19-11-31-24(28-13-29-31)18-6-4-5-17(18)19/h11,13-14,16,27,30H,4-10,12H2,1-3H3. The fourth-order valence-electron chi connectivity index (χ4n) is 6.69. The van der Waals surface area contributed by atoms with Crippen LogP contribution in [0.5, 0.6) is 0 Å². The Labute approximate surface area is 197 Å². The Balaban J connectivity index is 1.34. The van der Waals surface area contributed by atoms with Crippen molar-refractivity contribution >= 4 is 27.2 Å². The molecule has 0 bridgehead atoms. The van der Waals surface area contributed by atoms with Crippen LogP contribution in [0.2, 0.25) is 0 Å². The third-order valence-electron chi connectivity index (χ3n) is 8.19. The van der Waals surface area contributed by atoms with Gasteiger partial charge in [-0.1, -0.05) is 13.8 Å². The third kappa shape index (κ3) is 2.85. The zero-order chi connectivity index (χ0) is 22.3. The van der Waals surface area contributed by atoms with E-state index in [0.29, 0.717) is 11.8 Å². The lowest BCUT2D eigenvalue weighted by Gasteiger charge is -2.49. The molecule has 0 atom stereocenters. The molecular weight excluding hydrogens is 430 g/mol. The number of hydrogen-bond acceptors (Lipinski definition) is 5. The smallest absolute Gasteiger partial charge is 0.158 e. The topological polar surface area (TPSA) is 67.2 Å². The Hall–Kier alpha value is -2.22. The van der Waals surface area contributed by atoms with Crippen molar-refractivity contribution in [2.24, 2.45) is 0 Å². The average Bonchev–Trinajstić information content (AvgIpc) is 3.55. The van der Waals surface area contributed by atoms with Crippen molar-refractivity contribution in [2.75, 3.05) is 19.7 Å². The van der Waals surface area contributed by atoms with Crippen molar-refractivity contribution in [3.63, 3.8) is 0 Å². The van der Waals surface area contributed by atoms with Crippen LogP contribution in [0.4, 0.5) is 0 Å². The van der Waals surface area contributed by atoms with Crippen molar-refractivity contribution in [1.29, 1.82) is 0 Å². The average molecular weight is 462 g/mol. The number of aromatic nitrogens is 4. The summed E-state index contributed by atoms with van der Waals surface area (Å²) in [5, 5.41) is 9.47. The molecule has 0 aromatic carbocycles. The molecule has 4 aromatic heterocycles. The third-order valence-corrected chi connectivity index (χ3v) is 9.56. The molecule has 0 amide bonds. The first-order valence-corrected chi connectivity index (χ1v) is 13.2. The summed E-state index contributed by atoms with van der Waals surface area (Å²) in [6, 6.07) is 0. The highest BCUT2D eigenvalue weighted by molar-refractivity contribution is 7.19. The Morgan fingerprint density at radius 1 is 1.24 bits per heavy atom. The van der Waals surface area contributed by atoms with E-state index >= 15 is 0 Å². The van der Waals surface area contributed by atoms with Crippen LogP contribution in [-0.4, -0.2) is 44.9 Å². The normalized spacial score (nSPS) is 24.9. The highest BCUT2D eigenvalue weighted by atomic mass is 32.1. The first kappa shape index (κ1) is 20.2. The lowest BCUT2D eigenvalue weighted by Crippen LogP contribution is -2.56. The van der Waals surface area contributed by atoms with E-state index in [4.69, 9.17) is 4.74 Å². The van der Waals surface area contributed by atoms with Crippen LogP contribution in [0, 0.1) is 6.92 Å². The second-order valence-corrected chi connectivity index (χ2v) is 11.6. The molecule has 5 heterocycles. The summed E-state index contributed by atoms with van der Waals surface area (Å²) in [5.74, 6) is 1.06. The van der Waals surface area contributed by atoms with Gasteiger partial charge in [0.15, 0.2) is 5.65 Å². The van der Waals surface area contributed by atoms with Crippen molar-refractivity contribution in [3.05, 3.63) is 39.7 Å². The van der Waals surface area contributed by atoms with Gasteiger partial charge >= 0.3 is 0 Å². The number of aryl methyl sites for hydroxylation is 2. The van der Waals surface area contributed by atoms with Gasteiger partial charge in [0, 0.05) is 40.7 Å². The number of rotatable bonds is 3. The number of aromatic amines is 1. The van der Waals surface area contributed by atoms with Gasteiger partial charge in [0.25, 0.3) is 0 Å². The summed E-state index contributed by atoms with van der Waals surface area (Å²) >= 11 is 1.97. The van der Waals surface area contributed by atoms with E-state index in [9.17, 15) is 0 Å². The molecule has 1 aliphatic heterocycles. The Morgan fingerprint density at radius 2 is 2.09 bits per heavy atom. The van der Waals surface area contributed by atoms with E-state index in [2.05, 4.69) is 47.4 Å². The minimum absolute atomic E-state index is 0.0763. The molecule has 0 unspecified atom stereocenters. The van der Waals surface area contributed by atoms with Gasteiger partial charge < -0.3 is 15.0 Å². The van der Waals surface area contributed by atoms with Gasteiger partial charge in [-0.05, 0) is 67.6 Å². The fraction of sp³-hybridized carbons (Fsp3) is 0.538. The molecule has 33 heavy (non-hydrogen) atoms. The van der Waals surface area contributed by atoms with Crippen LogP contribution in [-0.2, 0) is 17.6 Å². The second kappa shape index (κ2) is 7.14. The number of pyridine rings is 1. The zero-order valence-electron chi connectivity index (χ0n) is 19.6. The number of ether oxygens (including phenoxy) is 1. The second-order valence-electron chi connectivity index (χ2n) is 10.6. The van der Waals surface area contributed by atoms with Gasteiger partial charge in [-0.3, -0.25) is 0 Å².